The molecule has 0 aromatic rings. The average Bonchev–Trinajstić information content (AvgIpc) is 2.08. The molecule has 1 heterocycles. The van der Waals surface area contributed by atoms with Crippen molar-refractivity contribution in [2.45, 2.75) is 52.2 Å². The van der Waals surface area contributed by atoms with Crippen LogP contribution in [0, 0.1) is 0 Å². The quantitative estimate of drug-likeness (QED) is 0.635. The number of hydrogen-bond acceptors (Lipinski definition) is 2. The molecule has 0 radical (unpaired) electrons. The molecule has 1 rings (SSSR count). The second-order valence-electron chi connectivity index (χ2n) is 2.58. The van der Waals surface area contributed by atoms with E-state index in [1.165, 1.54) is 0 Å². The largest absolute Gasteiger partial charge is 0.393 e. The summed E-state index contributed by atoms with van der Waals surface area (Å²) in [5.41, 5.74) is 0. The van der Waals surface area contributed by atoms with Crippen LogP contribution in [0.4, 0.5) is 0 Å². The lowest BCUT2D eigenvalue weighted by molar-refractivity contribution is -0.0441. The minimum atomic E-state index is -0.108. The average molecular weight is 160 g/mol. The summed E-state index contributed by atoms with van der Waals surface area (Å²) in [6.07, 6.45) is 2.88. The van der Waals surface area contributed by atoms with Crippen molar-refractivity contribution in [1.29, 1.82) is 0 Å². The van der Waals surface area contributed by atoms with Crippen molar-refractivity contribution >= 4 is 0 Å². The highest BCUT2D eigenvalue weighted by Gasteiger charge is 2.18. The first-order valence-electron chi connectivity index (χ1n) is 4.62. The van der Waals surface area contributed by atoms with Crippen molar-refractivity contribution in [3.63, 3.8) is 0 Å². The van der Waals surface area contributed by atoms with Crippen LogP contribution in [0.1, 0.15) is 40.0 Å². The van der Waals surface area contributed by atoms with E-state index in [0.717, 1.165) is 25.9 Å². The van der Waals surface area contributed by atoms with Crippen LogP contribution in [0.25, 0.3) is 0 Å². The lowest BCUT2D eigenvalue weighted by Gasteiger charge is -2.25. The van der Waals surface area contributed by atoms with Gasteiger partial charge in [-0.05, 0) is 19.3 Å². The Morgan fingerprint density at radius 1 is 1.45 bits per heavy atom. The van der Waals surface area contributed by atoms with Crippen LogP contribution in [0.15, 0.2) is 0 Å². The molecule has 2 nitrogen and oxygen atoms in total. The minimum absolute atomic E-state index is 0.108. The normalized spacial score (nSPS) is 30.5. The van der Waals surface area contributed by atoms with Crippen LogP contribution in [-0.2, 0) is 4.74 Å². The number of rotatable bonds is 1. The Bertz CT molecular complexity index is 83.6. The molecule has 11 heavy (non-hydrogen) atoms. The van der Waals surface area contributed by atoms with Gasteiger partial charge in [-0.25, -0.2) is 0 Å². The van der Waals surface area contributed by atoms with Crippen LogP contribution in [0.5, 0.6) is 0 Å². The summed E-state index contributed by atoms with van der Waals surface area (Å²) in [5, 5.41) is 9.13. The topological polar surface area (TPSA) is 29.5 Å². The molecule has 0 aliphatic carbocycles. The number of aliphatic hydroxyl groups is 1. The van der Waals surface area contributed by atoms with E-state index in [1.54, 1.807) is 0 Å². The summed E-state index contributed by atoms with van der Waals surface area (Å²) in [7, 11) is 0. The van der Waals surface area contributed by atoms with E-state index in [1.807, 2.05) is 13.8 Å². The van der Waals surface area contributed by atoms with Crippen molar-refractivity contribution in [2.75, 3.05) is 6.61 Å². The van der Waals surface area contributed by atoms with Gasteiger partial charge in [0.2, 0.25) is 0 Å². The lowest BCUT2D eigenvalue weighted by atomic mass is 10.0. The lowest BCUT2D eigenvalue weighted by Crippen LogP contribution is -2.28. The molecule has 1 N–H and O–H groups in total. The van der Waals surface area contributed by atoms with Gasteiger partial charge in [-0.3, -0.25) is 0 Å². The van der Waals surface area contributed by atoms with Gasteiger partial charge in [-0.2, -0.15) is 0 Å². The van der Waals surface area contributed by atoms with Gasteiger partial charge in [-0.1, -0.05) is 20.8 Å². The van der Waals surface area contributed by atoms with Crippen LogP contribution < -0.4 is 0 Å². The Morgan fingerprint density at radius 3 is 2.45 bits per heavy atom. The van der Waals surface area contributed by atoms with Gasteiger partial charge < -0.3 is 9.84 Å². The molecule has 1 fully saturated rings. The Kier molecular flexibility index (Phi) is 6.57. The maximum absolute atomic E-state index is 9.13. The van der Waals surface area contributed by atoms with Crippen molar-refractivity contribution in [3.05, 3.63) is 0 Å². The van der Waals surface area contributed by atoms with Gasteiger partial charge >= 0.3 is 0 Å². The van der Waals surface area contributed by atoms with E-state index in [4.69, 9.17) is 9.84 Å². The van der Waals surface area contributed by atoms with E-state index in [-0.39, 0.29) is 6.10 Å². The maximum atomic E-state index is 9.13. The van der Waals surface area contributed by atoms with Gasteiger partial charge in [0.1, 0.15) is 0 Å². The zero-order chi connectivity index (χ0) is 8.69. The second kappa shape index (κ2) is 6.62. The monoisotopic (exact) mass is 160 g/mol. The number of ether oxygens (including phenoxy) is 1. The second-order valence-corrected chi connectivity index (χ2v) is 2.58. The van der Waals surface area contributed by atoms with E-state index in [0.29, 0.717) is 6.10 Å². The zero-order valence-corrected chi connectivity index (χ0v) is 7.84. The molecule has 0 saturated carbocycles. The summed E-state index contributed by atoms with van der Waals surface area (Å²) in [6.45, 7) is 6.82. The molecule has 0 aromatic carbocycles. The van der Waals surface area contributed by atoms with Gasteiger partial charge in [-0.15, -0.1) is 0 Å². The minimum Gasteiger partial charge on any atom is -0.393 e. The molecule has 0 unspecified atom stereocenters. The molecule has 1 saturated heterocycles. The Labute approximate surface area is 69.6 Å². The first kappa shape index (κ1) is 10.9. The van der Waals surface area contributed by atoms with E-state index >= 15 is 0 Å². The Balaban J connectivity index is 0.000000461. The summed E-state index contributed by atoms with van der Waals surface area (Å²) in [4.78, 5) is 0. The van der Waals surface area contributed by atoms with Gasteiger partial charge in [0.05, 0.1) is 12.2 Å². The number of aliphatic hydroxyl groups excluding tert-OH is 1. The van der Waals surface area contributed by atoms with Crippen LogP contribution in [0.2, 0.25) is 0 Å². The molecular weight excluding hydrogens is 140 g/mol. The molecule has 1 aliphatic rings. The molecule has 0 amide bonds. The van der Waals surface area contributed by atoms with Gasteiger partial charge in [0.15, 0.2) is 0 Å². The van der Waals surface area contributed by atoms with E-state index < -0.39 is 0 Å². The fourth-order valence-electron chi connectivity index (χ4n) is 1.14. The third kappa shape index (κ3) is 4.38. The molecule has 1 aliphatic heterocycles. The third-order valence-corrected chi connectivity index (χ3v) is 1.79. The van der Waals surface area contributed by atoms with Crippen molar-refractivity contribution in [2.24, 2.45) is 0 Å². The fraction of sp³-hybridized carbons (Fsp3) is 1.00. The first-order valence-corrected chi connectivity index (χ1v) is 4.62. The van der Waals surface area contributed by atoms with Crippen molar-refractivity contribution in [1.82, 2.24) is 0 Å². The number of hydrogen-bond donors (Lipinski definition) is 1. The summed E-state index contributed by atoms with van der Waals surface area (Å²) < 4.78 is 5.34. The maximum Gasteiger partial charge on any atom is 0.0597 e. The van der Waals surface area contributed by atoms with Crippen molar-refractivity contribution in [3.8, 4) is 0 Å². The van der Waals surface area contributed by atoms with Gasteiger partial charge in [0.25, 0.3) is 0 Å². The van der Waals surface area contributed by atoms with Crippen LogP contribution >= 0.6 is 0 Å². The predicted octanol–water partition coefficient (Wildman–Crippen LogP) is 1.96. The molecule has 2 atom stereocenters. The Hall–Kier alpha value is -0.0800. The Morgan fingerprint density at radius 2 is 2.09 bits per heavy atom. The standard InChI is InChI=1S/C7H14O2.C2H6/c1-2-7-5-6(8)3-4-9-7;1-2/h6-8H,2-5H2,1H3;1-2H3/t6-,7-;/m1./s1. The van der Waals surface area contributed by atoms with Crippen LogP contribution in [-0.4, -0.2) is 23.9 Å². The predicted molar refractivity (Wildman–Crippen MR) is 46.6 cm³/mol. The highest BCUT2D eigenvalue weighted by molar-refractivity contribution is 4.68. The van der Waals surface area contributed by atoms with Gasteiger partial charge in [0, 0.05) is 6.61 Å². The molecule has 68 valence electrons. The highest BCUT2D eigenvalue weighted by atomic mass is 16.5. The molecule has 0 bridgehead atoms. The SMILES string of the molecule is CC.CC[C@@H]1C[C@H](O)CCO1. The third-order valence-electron chi connectivity index (χ3n) is 1.79. The molecule has 0 spiro atoms. The molecular formula is C9H20O2. The summed E-state index contributed by atoms with van der Waals surface area (Å²) in [5.74, 6) is 0. The highest BCUT2D eigenvalue weighted by Crippen LogP contribution is 2.15. The van der Waals surface area contributed by atoms with Crippen LogP contribution in [0.3, 0.4) is 0 Å². The van der Waals surface area contributed by atoms with E-state index in [9.17, 15) is 0 Å². The van der Waals surface area contributed by atoms with Crippen molar-refractivity contribution < 1.29 is 9.84 Å². The molecule has 0 aromatic heterocycles. The summed E-state index contributed by atoms with van der Waals surface area (Å²) >= 11 is 0. The van der Waals surface area contributed by atoms with E-state index in [2.05, 4.69) is 6.92 Å². The smallest absolute Gasteiger partial charge is 0.0597 e. The zero-order valence-electron chi connectivity index (χ0n) is 7.84. The summed E-state index contributed by atoms with van der Waals surface area (Å²) in [6, 6.07) is 0. The fourth-order valence-corrected chi connectivity index (χ4v) is 1.14. The molecule has 2 heteroatoms. The first-order chi connectivity index (χ1) is 5.33.